The third-order valence-corrected chi connectivity index (χ3v) is 6.13. The maximum absolute atomic E-state index is 14.2. The van der Waals surface area contributed by atoms with Crippen LogP contribution in [0.3, 0.4) is 0 Å². The van der Waals surface area contributed by atoms with Gasteiger partial charge in [0.1, 0.15) is 5.82 Å². The van der Waals surface area contributed by atoms with E-state index in [0.717, 1.165) is 31.6 Å². The average Bonchev–Trinajstić information content (AvgIpc) is 2.91. The van der Waals surface area contributed by atoms with Crippen LogP contribution < -0.4 is 5.32 Å². The molecule has 3 rings (SSSR count). The molecule has 0 amide bonds. The molecule has 2 fully saturated rings. The van der Waals surface area contributed by atoms with Crippen molar-refractivity contribution >= 4 is 23.4 Å². The van der Waals surface area contributed by atoms with E-state index in [1.807, 2.05) is 18.8 Å². The zero-order valence-electron chi connectivity index (χ0n) is 12.2. The molecule has 0 radical (unpaired) electrons. The van der Waals surface area contributed by atoms with Gasteiger partial charge in [0.15, 0.2) is 0 Å². The van der Waals surface area contributed by atoms with Crippen molar-refractivity contribution < 1.29 is 9.13 Å². The first kappa shape index (κ1) is 15.6. The van der Waals surface area contributed by atoms with Gasteiger partial charge in [0, 0.05) is 29.0 Å². The molecule has 0 saturated carbocycles. The lowest BCUT2D eigenvalue weighted by Gasteiger charge is -2.41. The Labute approximate surface area is 134 Å². The van der Waals surface area contributed by atoms with E-state index in [1.54, 1.807) is 12.1 Å². The Kier molecular flexibility index (Phi) is 4.79. The van der Waals surface area contributed by atoms with Gasteiger partial charge in [-0.3, -0.25) is 0 Å². The number of rotatable bonds is 3. The molecule has 1 aromatic rings. The largest absolute Gasteiger partial charge is 0.374 e. The summed E-state index contributed by atoms with van der Waals surface area (Å²) in [6.07, 6.45) is 3.07. The predicted octanol–water partition coefficient (Wildman–Crippen LogP) is 4.04. The summed E-state index contributed by atoms with van der Waals surface area (Å²) in [7, 11) is 1.90. The van der Waals surface area contributed by atoms with E-state index in [0.29, 0.717) is 16.5 Å². The molecule has 2 saturated heterocycles. The number of thioether (sulfide) groups is 1. The van der Waals surface area contributed by atoms with Crippen molar-refractivity contribution in [3.8, 4) is 0 Å². The van der Waals surface area contributed by atoms with Crippen LogP contribution in [0.15, 0.2) is 18.2 Å². The summed E-state index contributed by atoms with van der Waals surface area (Å²) in [5.41, 5.74) is 0.690. The second-order valence-corrected chi connectivity index (χ2v) is 7.56. The van der Waals surface area contributed by atoms with E-state index < -0.39 is 0 Å². The maximum Gasteiger partial charge on any atom is 0.128 e. The molecule has 116 valence electrons. The van der Waals surface area contributed by atoms with Crippen LogP contribution >= 0.6 is 23.4 Å². The van der Waals surface area contributed by atoms with Gasteiger partial charge >= 0.3 is 0 Å². The van der Waals surface area contributed by atoms with Crippen molar-refractivity contribution in [2.24, 2.45) is 5.92 Å². The van der Waals surface area contributed by atoms with Gasteiger partial charge in [0.25, 0.3) is 0 Å². The summed E-state index contributed by atoms with van der Waals surface area (Å²) in [5.74, 6) is 2.44. The lowest BCUT2D eigenvalue weighted by atomic mass is 9.79. The molecule has 1 aromatic carbocycles. The summed E-state index contributed by atoms with van der Waals surface area (Å²) >= 11 is 8.02. The molecule has 2 aliphatic heterocycles. The first-order chi connectivity index (χ1) is 10.1. The highest BCUT2D eigenvalue weighted by atomic mass is 35.5. The van der Waals surface area contributed by atoms with Gasteiger partial charge in [-0.25, -0.2) is 4.39 Å². The Hall–Kier alpha value is -0.290. The molecule has 0 aromatic heterocycles. The molecule has 2 nitrogen and oxygen atoms in total. The molecule has 3 unspecified atom stereocenters. The van der Waals surface area contributed by atoms with Crippen LogP contribution in [-0.4, -0.2) is 30.8 Å². The lowest BCUT2D eigenvalue weighted by molar-refractivity contribution is -0.0852. The van der Waals surface area contributed by atoms with Crippen molar-refractivity contribution in [2.75, 3.05) is 25.2 Å². The Morgan fingerprint density at radius 1 is 1.52 bits per heavy atom. The number of benzene rings is 1. The fourth-order valence-electron chi connectivity index (χ4n) is 3.61. The second kappa shape index (κ2) is 6.45. The monoisotopic (exact) mass is 329 g/mol. The molecule has 21 heavy (non-hydrogen) atoms. The number of ether oxygens (including phenoxy) is 1. The molecule has 2 aliphatic rings. The van der Waals surface area contributed by atoms with Crippen LogP contribution in [0.2, 0.25) is 5.02 Å². The minimum Gasteiger partial charge on any atom is -0.374 e. The van der Waals surface area contributed by atoms with Crippen LogP contribution in [0.5, 0.6) is 0 Å². The minimum absolute atomic E-state index is 0.00456. The van der Waals surface area contributed by atoms with E-state index in [4.69, 9.17) is 16.3 Å². The summed E-state index contributed by atoms with van der Waals surface area (Å²) < 4.78 is 20.3. The molecule has 1 spiro atoms. The third kappa shape index (κ3) is 3.24. The van der Waals surface area contributed by atoms with Gasteiger partial charge in [0.2, 0.25) is 0 Å². The first-order valence-corrected chi connectivity index (χ1v) is 9.01. The van der Waals surface area contributed by atoms with E-state index in [2.05, 4.69) is 5.32 Å². The van der Waals surface area contributed by atoms with Crippen molar-refractivity contribution in [3.63, 3.8) is 0 Å². The summed E-state index contributed by atoms with van der Waals surface area (Å²) in [6.45, 7) is 0.769. The number of nitrogens with one attached hydrogen (secondary N) is 1. The van der Waals surface area contributed by atoms with Crippen LogP contribution in [0.1, 0.15) is 30.9 Å². The molecule has 2 heterocycles. The average molecular weight is 330 g/mol. The molecule has 5 heteroatoms. The minimum atomic E-state index is -0.180. The van der Waals surface area contributed by atoms with Crippen molar-refractivity contribution in [1.29, 1.82) is 0 Å². The highest BCUT2D eigenvalue weighted by molar-refractivity contribution is 7.99. The van der Waals surface area contributed by atoms with Gasteiger partial charge in [0.05, 0.1) is 5.60 Å². The Morgan fingerprint density at radius 2 is 2.38 bits per heavy atom. The van der Waals surface area contributed by atoms with Gasteiger partial charge in [-0.05, 0) is 56.2 Å². The van der Waals surface area contributed by atoms with E-state index >= 15 is 0 Å². The molecule has 1 N–H and O–H groups in total. The number of hydrogen-bond donors (Lipinski definition) is 1. The van der Waals surface area contributed by atoms with Gasteiger partial charge < -0.3 is 10.1 Å². The summed E-state index contributed by atoms with van der Waals surface area (Å²) in [5, 5.41) is 3.89. The van der Waals surface area contributed by atoms with Crippen LogP contribution in [0, 0.1) is 11.7 Å². The third-order valence-electron chi connectivity index (χ3n) is 4.67. The van der Waals surface area contributed by atoms with Crippen molar-refractivity contribution in [2.45, 2.75) is 30.9 Å². The number of halogens is 2. The van der Waals surface area contributed by atoms with Crippen LogP contribution in [0.4, 0.5) is 4.39 Å². The maximum atomic E-state index is 14.2. The smallest absolute Gasteiger partial charge is 0.128 e. The lowest BCUT2D eigenvalue weighted by Crippen LogP contribution is -2.43. The van der Waals surface area contributed by atoms with E-state index in [9.17, 15) is 4.39 Å². The Bertz CT molecular complexity index is 507. The summed E-state index contributed by atoms with van der Waals surface area (Å²) in [4.78, 5) is 0. The van der Waals surface area contributed by atoms with Crippen LogP contribution in [-0.2, 0) is 4.74 Å². The Morgan fingerprint density at radius 3 is 3.10 bits per heavy atom. The van der Waals surface area contributed by atoms with Crippen LogP contribution in [0.25, 0.3) is 0 Å². The molecule has 0 aliphatic carbocycles. The SMILES string of the molecule is CNC(c1cc(Cl)ccc1F)C1CCOC2(CCSC2)C1. The molecular formula is C16H21ClFNOS. The van der Waals surface area contributed by atoms with Gasteiger partial charge in [-0.2, -0.15) is 11.8 Å². The Balaban J connectivity index is 1.84. The fraction of sp³-hybridized carbons (Fsp3) is 0.625. The molecule has 0 bridgehead atoms. The van der Waals surface area contributed by atoms with Gasteiger partial charge in [-0.1, -0.05) is 11.6 Å². The number of hydrogen-bond acceptors (Lipinski definition) is 3. The molecule has 3 atom stereocenters. The first-order valence-electron chi connectivity index (χ1n) is 7.47. The van der Waals surface area contributed by atoms with Gasteiger partial charge in [-0.15, -0.1) is 0 Å². The highest BCUT2D eigenvalue weighted by Gasteiger charge is 2.42. The standard InChI is InChI=1S/C16H21ClFNOS/c1-19-15(13-8-12(17)2-3-14(13)18)11-4-6-20-16(9-11)5-7-21-10-16/h2-3,8,11,15,19H,4-7,9-10H2,1H3. The summed E-state index contributed by atoms with van der Waals surface area (Å²) in [6, 6.07) is 4.81. The zero-order valence-corrected chi connectivity index (χ0v) is 13.8. The van der Waals surface area contributed by atoms with E-state index in [1.165, 1.54) is 11.8 Å². The highest BCUT2D eigenvalue weighted by Crippen LogP contribution is 2.44. The fourth-order valence-corrected chi connectivity index (χ4v) is 5.17. The van der Waals surface area contributed by atoms with E-state index in [-0.39, 0.29) is 17.5 Å². The second-order valence-electron chi connectivity index (χ2n) is 6.02. The quantitative estimate of drug-likeness (QED) is 0.904. The zero-order chi connectivity index (χ0) is 14.9. The van der Waals surface area contributed by atoms with Crippen molar-refractivity contribution in [1.82, 2.24) is 5.32 Å². The topological polar surface area (TPSA) is 21.3 Å². The normalized spacial score (nSPS) is 30.7. The van der Waals surface area contributed by atoms with Crippen molar-refractivity contribution in [3.05, 3.63) is 34.6 Å². The molecular weight excluding hydrogens is 309 g/mol. The predicted molar refractivity (Wildman–Crippen MR) is 86.6 cm³/mol.